The summed E-state index contributed by atoms with van der Waals surface area (Å²) in [5, 5.41) is 3.45. The third kappa shape index (κ3) is 3.67. The van der Waals surface area contributed by atoms with Crippen LogP contribution in [0.4, 0.5) is 4.39 Å². The Morgan fingerprint density at radius 3 is 2.52 bits per heavy atom. The zero-order valence-electron chi connectivity index (χ0n) is 13.2. The van der Waals surface area contributed by atoms with Crippen LogP contribution in [0, 0.1) is 26.6 Å². The number of halogens is 1. The number of benzene rings is 1. The number of pyridine rings is 1. The van der Waals surface area contributed by atoms with Gasteiger partial charge in [-0.2, -0.15) is 0 Å². The average Bonchev–Trinajstić information content (AvgIpc) is 2.44. The summed E-state index contributed by atoms with van der Waals surface area (Å²) in [5.74, 6) is -0.172. The van der Waals surface area contributed by atoms with Crippen LogP contribution in [0.15, 0.2) is 30.3 Å². The van der Waals surface area contributed by atoms with Crippen molar-refractivity contribution in [3.05, 3.63) is 64.2 Å². The van der Waals surface area contributed by atoms with Crippen LogP contribution in [-0.2, 0) is 0 Å². The molecule has 0 bridgehead atoms. The monoisotopic (exact) mass is 286 g/mol. The first-order chi connectivity index (χ1) is 10.0. The van der Waals surface area contributed by atoms with Gasteiger partial charge in [0.05, 0.1) is 6.04 Å². The molecule has 0 aliphatic heterocycles. The van der Waals surface area contributed by atoms with Gasteiger partial charge in [-0.25, -0.2) is 4.39 Å². The van der Waals surface area contributed by atoms with Gasteiger partial charge in [-0.1, -0.05) is 30.7 Å². The van der Waals surface area contributed by atoms with Gasteiger partial charge in [0.2, 0.25) is 0 Å². The number of aryl methyl sites for hydroxylation is 3. The van der Waals surface area contributed by atoms with Crippen LogP contribution in [0.5, 0.6) is 0 Å². The van der Waals surface area contributed by atoms with E-state index in [1.54, 1.807) is 12.1 Å². The molecule has 0 aliphatic rings. The second-order valence-corrected chi connectivity index (χ2v) is 5.54. The molecule has 0 amide bonds. The largest absolute Gasteiger partial charge is 0.306 e. The lowest BCUT2D eigenvalue weighted by Gasteiger charge is -2.22. The van der Waals surface area contributed by atoms with Gasteiger partial charge in [-0.05, 0) is 51.4 Å². The number of rotatable bonds is 5. The van der Waals surface area contributed by atoms with Crippen molar-refractivity contribution >= 4 is 0 Å². The van der Waals surface area contributed by atoms with E-state index < -0.39 is 0 Å². The van der Waals surface area contributed by atoms with Gasteiger partial charge in [0.15, 0.2) is 0 Å². The minimum Gasteiger partial charge on any atom is -0.306 e. The summed E-state index contributed by atoms with van der Waals surface area (Å²) in [6.45, 7) is 8.89. The smallest absolute Gasteiger partial charge is 0.128 e. The standard InChI is InChI=1S/C18H23FN2/c1-5-10-20-18(15-8-7-13(3)21-14(15)4)16-11-12(2)6-9-17(16)19/h6-9,11,18,20H,5,10H2,1-4H3. The van der Waals surface area contributed by atoms with Gasteiger partial charge < -0.3 is 5.32 Å². The molecule has 1 N–H and O–H groups in total. The molecule has 0 saturated carbocycles. The number of nitrogens with one attached hydrogen (secondary N) is 1. The molecule has 1 unspecified atom stereocenters. The fourth-order valence-corrected chi connectivity index (χ4v) is 2.56. The van der Waals surface area contributed by atoms with E-state index in [4.69, 9.17) is 0 Å². The number of nitrogens with zero attached hydrogens (tertiary/aromatic N) is 1. The SMILES string of the molecule is CCCNC(c1cc(C)ccc1F)c1ccc(C)nc1C. The normalized spacial score (nSPS) is 12.4. The first-order valence-electron chi connectivity index (χ1n) is 7.46. The molecule has 112 valence electrons. The molecule has 0 aliphatic carbocycles. The molecule has 0 spiro atoms. The second kappa shape index (κ2) is 6.81. The Kier molecular flexibility index (Phi) is 5.07. The van der Waals surface area contributed by atoms with Crippen molar-refractivity contribution in [2.24, 2.45) is 0 Å². The predicted octanol–water partition coefficient (Wildman–Crippen LogP) is 4.23. The van der Waals surface area contributed by atoms with Crippen LogP contribution in [-0.4, -0.2) is 11.5 Å². The Labute approximate surface area is 126 Å². The van der Waals surface area contributed by atoms with E-state index in [0.717, 1.165) is 35.5 Å². The summed E-state index contributed by atoms with van der Waals surface area (Å²) in [6.07, 6.45) is 1.00. The van der Waals surface area contributed by atoms with Crippen molar-refractivity contribution in [3.8, 4) is 0 Å². The number of hydrogen-bond acceptors (Lipinski definition) is 2. The average molecular weight is 286 g/mol. The van der Waals surface area contributed by atoms with Gasteiger partial charge in [0.1, 0.15) is 5.82 Å². The fraction of sp³-hybridized carbons (Fsp3) is 0.389. The van der Waals surface area contributed by atoms with Gasteiger partial charge in [0.25, 0.3) is 0 Å². The van der Waals surface area contributed by atoms with E-state index in [-0.39, 0.29) is 11.9 Å². The third-order valence-corrected chi connectivity index (χ3v) is 3.64. The molecule has 3 heteroatoms. The van der Waals surface area contributed by atoms with E-state index >= 15 is 0 Å². The molecular weight excluding hydrogens is 263 g/mol. The highest BCUT2D eigenvalue weighted by Gasteiger charge is 2.19. The van der Waals surface area contributed by atoms with Crippen LogP contribution in [0.1, 0.15) is 47.5 Å². The zero-order valence-corrected chi connectivity index (χ0v) is 13.2. The molecule has 1 aromatic heterocycles. The highest BCUT2D eigenvalue weighted by Crippen LogP contribution is 2.27. The third-order valence-electron chi connectivity index (χ3n) is 3.64. The number of hydrogen-bond donors (Lipinski definition) is 1. The molecule has 1 heterocycles. The molecule has 0 fully saturated rings. The topological polar surface area (TPSA) is 24.9 Å². The van der Waals surface area contributed by atoms with E-state index in [1.165, 1.54) is 0 Å². The molecule has 2 rings (SSSR count). The van der Waals surface area contributed by atoms with Gasteiger partial charge in [-0.15, -0.1) is 0 Å². The lowest BCUT2D eigenvalue weighted by Crippen LogP contribution is -2.25. The Morgan fingerprint density at radius 1 is 1.10 bits per heavy atom. The van der Waals surface area contributed by atoms with Crippen molar-refractivity contribution in [1.82, 2.24) is 10.3 Å². The van der Waals surface area contributed by atoms with Gasteiger partial charge in [-0.3, -0.25) is 4.98 Å². The molecule has 0 saturated heterocycles. The molecule has 0 radical (unpaired) electrons. The Hall–Kier alpha value is -1.74. The molecule has 21 heavy (non-hydrogen) atoms. The van der Waals surface area contributed by atoms with Gasteiger partial charge >= 0.3 is 0 Å². The lowest BCUT2D eigenvalue weighted by molar-refractivity contribution is 0.543. The molecule has 2 aromatic rings. The lowest BCUT2D eigenvalue weighted by atomic mass is 9.95. The quantitative estimate of drug-likeness (QED) is 0.889. The van der Waals surface area contributed by atoms with Crippen LogP contribution < -0.4 is 5.32 Å². The first kappa shape index (κ1) is 15.6. The maximum Gasteiger partial charge on any atom is 0.128 e. The van der Waals surface area contributed by atoms with E-state index in [2.05, 4.69) is 17.2 Å². The first-order valence-corrected chi connectivity index (χ1v) is 7.46. The number of aromatic nitrogens is 1. The summed E-state index contributed by atoms with van der Waals surface area (Å²) >= 11 is 0. The van der Waals surface area contributed by atoms with Crippen LogP contribution in [0.3, 0.4) is 0 Å². The maximum atomic E-state index is 14.3. The molecular formula is C18H23FN2. The van der Waals surface area contributed by atoms with E-state index in [9.17, 15) is 4.39 Å². The minimum absolute atomic E-state index is 0.155. The van der Waals surface area contributed by atoms with E-state index in [1.807, 2.05) is 39.0 Å². The van der Waals surface area contributed by atoms with Crippen molar-refractivity contribution in [3.63, 3.8) is 0 Å². The minimum atomic E-state index is -0.172. The summed E-state index contributed by atoms with van der Waals surface area (Å²) in [6, 6.07) is 9.14. The van der Waals surface area contributed by atoms with Crippen LogP contribution in [0.2, 0.25) is 0 Å². The van der Waals surface area contributed by atoms with E-state index in [0.29, 0.717) is 5.56 Å². The van der Waals surface area contributed by atoms with Crippen molar-refractivity contribution < 1.29 is 4.39 Å². The van der Waals surface area contributed by atoms with Crippen molar-refractivity contribution in [1.29, 1.82) is 0 Å². The molecule has 1 aromatic carbocycles. The van der Waals surface area contributed by atoms with Crippen molar-refractivity contribution in [2.75, 3.05) is 6.54 Å². The zero-order chi connectivity index (χ0) is 15.4. The second-order valence-electron chi connectivity index (χ2n) is 5.54. The molecule has 1 atom stereocenters. The Morgan fingerprint density at radius 2 is 1.86 bits per heavy atom. The predicted molar refractivity (Wildman–Crippen MR) is 85.0 cm³/mol. The highest BCUT2D eigenvalue weighted by atomic mass is 19.1. The molecule has 2 nitrogen and oxygen atoms in total. The Balaban J connectivity index is 2.49. The summed E-state index contributed by atoms with van der Waals surface area (Å²) < 4.78 is 14.3. The highest BCUT2D eigenvalue weighted by molar-refractivity contribution is 5.37. The summed E-state index contributed by atoms with van der Waals surface area (Å²) in [7, 11) is 0. The fourth-order valence-electron chi connectivity index (χ4n) is 2.56. The van der Waals surface area contributed by atoms with Crippen molar-refractivity contribution in [2.45, 2.75) is 40.2 Å². The maximum absolute atomic E-state index is 14.3. The summed E-state index contributed by atoms with van der Waals surface area (Å²) in [4.78, 5) is 4.52. The van der Waals surface area contributed by atoms with Crippen LogP contribution >= 0.6 is 0 Å². The Bertz CT molecular complexity index is 623. The summed E-state index contributed by atoms with van der Waals surface area (Å²) in [5.41, 5.74) is 4.72. The van der Waals surface area contributed by atoms with Gasteiger partial charge in [0, 0.05) is 17.0 Å². The van der Waals surface area contributed by atoms with Crippen LogP contribution in [0.25, 0.3) is 0 Å².